The number of fused-ring (bicyclic) bond motifs is 1. The van der Waals surface area contributed by atoms with Gasteiger partial charge in [-0.05, 0) is 50.1 Å². The lowest BCUT2D eigenvalue weighted by molar-refractivity contribution is -0.122. The summed E-state index contributed by atoms with van der Waals surface area (Å²) in [6, 6.07) is 12.2. The van der Waals surface area contributed by atoms with E-state index in [4.69, 9.17) is 0 Å². The summed E-state index contributed by atoms with van der Waals surface area (Å²) < 4.78 is 16.7. The highest BCUT2D eigenvalue weighted by molar-refractivity contribution is 6.03. The maximum Gasteiger partial charge on any atom is 0.229 e. The summed E-state index contributed by atoms with van der Waals surface area (Å²) >= 11 is 0. The smallest absolute Gasteiger partial charge is 0.229 e. The number of amides is 2. The first kappa shape index (κ1) is 21.3. The Bertz CT molecular complexity index is 1200. The Kier molecular flexibility index (Phi) is 5.66. The van der Waals surface area contributed by atoms with Crippen LogP contribution in [0.3, 0.4) is 0 Å². The molecular weight excluding hydrogens is 421 g/mol. The average molecular weight is 448 g/mol. The van der Waals surface area contributed by atoms with Gasteiger partial charge in [0.05, 0.1) is 11.6 Å². The van der Waals surface area contributed by atoms with Crippen LogP contribution in [0, 0.1) is 18.7 Å². The third-order valence-corrected chi connectivity index (χ3v) is 6.43. The van der Waals surface area contributed by atoms with Gasteiger partial charge in [0.15, 0.2) is 5.82 Å². The van der Waals surface area contributed by atoms with Gasteiger partial charge in [-0.3, -0.25) is 9.59 Å². The number of carbonyl (C=O) groups is 2. The third-order valence-electron chi connectivity index (χ3n) is 6.43. The molecule has 5 rings (SSSR count). The van der Waals surface area contributed by atoms with Gasteiger partial charge in [-0.25, -0.2) is 4.39 Å². The van der Waals surface area contributed by atoms with Gasteiger partial charge >= 0.3 is 0 Å². The predicted octanol–water partition coefficient (Wildman–Crippen LogP) is 4.11. The van der Waals surface area contributed by atoms with Crippen molar-refractivity contribution in [2.24, 2.45) is 5.92 Å². The van der Waals surface area contributed by atoms with Crippen LogP contribution in [-0.4, -0.2) is 33.1 Å². The summed E-state index contributed by atoms with van der Waals surface area (Å²) in [6.45, 7) is 3.08. The van der Waals surface area contributed by atoms with Crippen molar-refractivity contribution >= 4 is 23.2 Å². The van der Waals surface area contributed by atoms with Crippen LogP contribution in [0.15, 0.2) is 42.5 Å². The van der Waals surface area contributed by atoms with Crippen LogP contribution in [0.25, 0.3) is 11.4 Å². The zero-order valence-corrected chi connectivity index (χ0v) is 18.6. The molecule has 1 atom stereocenters. The van der Waals surface area contributed by atoms with Crippen LogP contribution < -0.4 is 10.2 Å². The number of hydrogen-bond donors (Lipinski definition) is 1. The lowest BCUT2D eigenvalue weighted by Gasteiger charge is -2.17. The fourth-order valence-corrected chi connectivity index (χ4v) is 4.55. The van der Waals surface area contributed by atoms with Crippen LogP contribution in [-0.2, 0) is 22.6 Å². The van der Waals surface area contributed by atoms with Crippen molar-refractivity contribution in [2.45, 2.75) is 45.6 Å². The maximum atomic E-state index is 14.6. The molecule has 2 aromatic carbocycles. The van der Waals surface area contributed by atoms with E-state index in [0.717, 1.165) is 49.3 Å². The van der Waals surface area contributed by atoms with Crippen molar-refractivity contribution in [1.82, 2.24) is 14.8 Å². The standard InChI is InChI=1S/C25H26FN5O2/c1-16-6-9-19(10-7-16)31-15-18(14-23(31)32)25(33)27-21-13-17(8-11-20(21)26)24-29-28-22-5-3-2-4-12-30(22)24/h6-11,13,18H,2-5,12,14-15H2,1H3,(H,27,33). The molecule has 3 heterocycles. The molecule has 1 aromatic heterocycles. The molecule has 0 saturated carbocycles. The molecule has 3 aromatic rings. The number of benzene rings is 2. The molecule has 7 nitrogen and oxygen atoms in total. The Labute approximate surface area is 191 Å². The monoisotopic (exact) mass is 447 g/mol. The second kappa shape index (κ2) is 8.77. The summed E-state index contributed by atoms with van der Waals surface area (Å²) in [5.41, 5.74) is 2.65. The van der Waals surface area contributed by atoms with E-state index in [1.807, 2.05) is 31.2 Å². The number of nitrogens with zero attached hydrogens (tertiary/aromatic N) is 4. The average Bonchev–Trinajstić information content (AvgIpc) is 3.31. The van der Waals surface area contributed by atoms with Crippen LogP contribution in [0.1, 0.15) is 37.1 Å². The van der Waals surface area contributed by atoms with Crippen molar-refractivity contribution in [3.05, 3.63) is 59.7 Å². The fourth-order valence-electron chi connectivity index (χ4n) is 4.55. The zero-order valence-electron chi connectivity index (χ0n) is 18.6. The van der Waals surface area contributed by atoms with E-state index in [0.29, 0.717) is 11.4 Å². The Morgan fingerprint density at radius 2 is 1.91 bits per heavy atom. The number of aryl methyl sites for hydroxylation is 2. The van der Waals surface area contributed by atoms with Crippen LogP contribution in [0.2, 0.25) is 0 Å². The third kappa shape index (κ3) is 4.25. The molecule has 1 fully saturated rings. The Hall–Kier alpha value is -3.55. The normalized spacial score (nSPS) is 18.2. The number of nitrogens with one attached hydrogen (secondary N) is 1. The first-order valence-electron chi connectivity index (χ1n) is 11.4. The summed E-state index contributed by atoms with van der Waals surface area (Å²) in [5, 5.41) is 11.3. The molecule has 1 unspecified atom stereocenters. The number of carbonyl (C=O) groups excluding carboxylic acids is 2. The lowest BCUT2D eigenvalue weighted by Crippen LogP contribution is -2.28. The van der Waals surface area contributed by atoms with Gasteiger partial charge in [-0.15, -0.1) is 10.2 Å². The minimum atomic E-state index is -0.550. The number of halogens is 1. The van der Waals surface area contributed by atoms with E-state index >= 15 is 0 Å². The predicted molar refractivity (Wildman–Crippen MR) is 123 cm³/mol. The van der Waals surface area contributed by atoms with Crippen molar-refractivity contribution in [2.75, 3.05) is 16.8 Å². The maximum absolute atomic E-state index is 14.6. The summed E-state index contributed by atoms with van der Waals surface area (Å²) in [4.78, 5) is 27.1. The summed E-state index contributed by atoms with van der Waals surface area (Å²) in [7, 11) is 0. The van der Waals surface area contributed by atoms with E-state index in [1.165, 1.54) is 6.07 Å². The Morgan fingerprint density at radius 3 is 2.73 bits per heavy atom. The molecule has 0 aliphatic carbocycles. The Morgan fingerprint density at radius 1 is 1.09 bits per heavy atom. The van der Waals surface area contributed by atoms with Crippen LogP contribution in [0.5, 0.6) is 0 Å². The highest BCUT2D eigenvalue weighted by Gasteiger charge is 2.35. The quantitative estimate of drug-likeness (QED) is 0.653. The largest absolute Gasteiger partial charge is 0.323 e. The second-order valence-electron chi connectivity index (χ2n) is 8.83. The second-order valence-corrected chi connectivity index (χ2v) is 8.83. The molecule has 0 bridgehead atoms. The summed E-state index contributed by atoms with van der Waals surface area (Å²) in [5.74, 6) is 0.0733. The minimum absolute atomic E-state index is 0.0877. The first-order chi connectivity index (χ1) is 16.0. The molecule has 2 aliphatic rings. The molecule has 8 heteroatoms. The zero-order chi connectivity index (χ0) is 22.9. The lowest BCUT2D eigenvalue weighted by atomic mass is 10.1. The van der Waals surface area contributed by atoms with Crippen LogP contribution >= 0.6 is 0 Å². The Balaban J connectivity index is 1.34. The molecule has 0 spiro atoms. The fraction of sp³-hybridized carbons (Fsp3) is 0.360. The molecule has 33 heavy (non-hydrogen) atoms. The number of hydrogen-bond acceptors (Lipinski definition) is 4. The van der Waals surface area contributed by atoms with Gasteiger partial charge < -0.3 is 14.8 Å². The molecule has 2 amide bonds. The van der Waals surface area contributed by atoms with E-state index < -0.39 is 11.7 Å². The molecule has 170 valence electrons. The molecule has 1 saturated heterocycles. The molecular formula is C25H26FN5O2. The number of aromatic nitrogens is 3. The van der Waals surface area contributed by atoms with Crippen LogP contribution in [0.4, 0.5) is 15.8 Å². The van der Waals surface area contributed by atoms with Crippen molar-refractivity contribution < 1.29 is 14.0 Å². The van der Waals surface area contributed by atoms with E-state index in [1.54, 1.807) is 17.0 Å². The SMILES string of the molecule is Cc1ccc(N2CC(C(=O)Nc3cc(-c4nnc5n4CCCCC5)ccc3F)CC2=O)cc1. The molecule has 0 radical (unpaired) electrons. The topological polar surface area (TPSA) is 80.1 Å². The first-order valence-corrected chi connectivity index (χ1v) is 11.4. The van der Waals surface area contributed by atoms with E-state index in [9.17, 15) is 14.0 Å². The van der Waals surface area contributed by atoms with Crippen molar-refractivity contribution in [3.63, 3.8) is 0 Å². The van der Waals surface area contributed by atoms with E-state index in [-0.39, 0.29) is 30.5 Å². The highest BCUT2D eigenvalue weighted by atomic mass is 19.1. The number of anilines is 2. The highest BCUT2D eigenvalue weighted by Crippen LogP contribution is 2.29. The van der Waals surface area contributed by atoms with Gasteiger partial charge in [0.1, 0.15) is 11.6 Å². The van der Waals surface area contributed by atoms with Gasteiger partial charge in [0.2, 0.25) is 11.8 Å². The van der Waals surface area contributed by atoms with Gasteiger partial charge in [0.25, 0.3) is 0 Å². The number of rotatable bonds is 4. The van der Waals surface area contributed by atoms with Gasteiger partial charge in [-0.2, -0.15) is 0 Å². The van der Waals surface area contributed by atoms with Crippen molar-refractivity contribution in [3.8, 4) is 11.4 Å². The van der Waals surface area contributed by atoms with Gasteiger partial charge in [-0.1, -0.05) is 24.1 Å². The summed E-state index contributed by atoms with van der Waals surface area (Å²) in [6.07, 6.45) is 4.26. The van der Waals surface area contributed by atoms with Crippen molar-refractivity contribution in [1.29, 1.82) is 0 Å². The van der Waals surface area contributed by atoms with Gasteiger partial charge in [0, 0.05) is 37.2 Å². The molecule has 1 N–H and O–H groups in total. The van der Waals surface area contributed by atoms with E-state index in [2.05, 4.69) is 20.1 Å². The minimum Gasteiger partial charge on any atom is -0.323 e. The molecule has 2 aliphatic heterocycles.